The Bertz CT molecular complexity index is 809. The minimum absolute atomic E-state index is 0.0737. The second-order valence-electron chi connectivity index (χ2n) is 7.24. The van der Waals surface area contributed by atoms with Crippen LogP contribution < -0.4 is 0 Å². The molecule has 2 aromatic carbocycles. The van der Waals surface area contributed by atoms with Crippen molar-refractivity contribution in [3.05, 3.63) is 41.5 Å². The van der Waals surface area contributed by atoms with Crippen LogP contribution in [0.25, 0.3) is 10.8 Å². The molecule has 0 spiro atoms. The second-order valence-corrected chi connectivity index (χ2v) is 8.63. The third kappa shape index (κ3) is 6.10. The molecule has 0 fully saturated rings. The predicted octanol–water partition coefficient (Wildman–Crippen LogP) is 6.33. The monoisotopic (exact) mass is 376 g/mol. The molecule has 0 aliphatic heterocycles. The standard InChI is InChI=1S/C22H32O3S/c1-3-5-7-9-11-18-13-14-19-16-20(12-10-8-6-4-2)22(26(23,24)25)17-21(19)15-18/h13-17H,3-12H2,1-2H3,(H,23,24,25). The molecule has 0 unspecified atom stereocenters. The first-order valence-corrected chi connectivity index (χ1v) is 11.4. The van der Waals surface area contributed by atoms with Crippen LogP contribution in [0, 0.1) is 0 Å². The fourth-order valence-corrected chi connectivity index (χ4v) is 4.23. The van der Waals surface area contributed by atoms with E-state index in [9.17, 15) is 13.0 Å². The third-order valence-corrected chi connectivity index (χ3v) is 5.92. The van der Waals surface area contributed by atoms with Gasteiger partial charge in [0, 0.05) is 0 Å². The number of aryl methyl sites for hydroxylation is 2. The zero-order valence-electron chi connectivity index (χ0n) is 16.1. The van der Waals surface area contributed by atoms with E-state index in [4.69, 9.17) is 0 Å². The van der Waals surface area contributed by atoms with Gasteiger partial charge in [-0.3, -0.25) is 4.55 Å². The number of fused-ring (bicyclic) bond motifs is 1. The molecular formula is C22H32O3S. The summed E-state index contributed by atoms with van der Waals surface area (Å²) >= 11 is 0. The largest absolute Gasteiger partial charge is 0.294 e. The molecule has 144 valence electrons. The van der Waals surface area contributed by atoms with E-state index in [-0.39, 0.29) is 4.90 Å². The van der Waals surface area contributed by atoms with Gasteiger partial charge < -0.3 is 0 Å². The number of hydrogen-bond acceptors (Lipinski definition) is 2. The van der Waals surface area contributed by atoms with E-state index < -0.39 is 10.1 Å². The van der Waals surface area contributed by atoms with Crippen LogP contribution in [0.4, 0.5) is 0 Å². The second kappa shape index (κ2) is 10.1. The molecule has 0 aliphatic rings. The highest BCUT2D eigenvalue weighted by Gasteiger charge is 2.16. The van der Waals surface area contributed by atoms with Gasteiger partial charge in [0.05, 0.1) is 4.90 Å². The molecule has 2 aromatic rings. The topological polar surface area (TPSA) is 54.4 Å². The summed E-state index contributed by atoms with van der Waals surface area (Å²) in [6, 6.07) is 9.87. The minimum Gasteiger partial charge on any atom is -0.282 e. The van der Waals surface area contributed by atoms with Gasteiger partial charge in [-0.25, -0.2) is 0 Å². The van der Waals surface area contributed by atoms with Gasteiger partial charge >= 0.3 is 0 Å². The van der Waals surface area contributed by atoms with Crippen molar-refractivity contribution in [2.24, 2.45) is 0 Å². The molecule has 0 radical (unpaired) electrons. The van der Waals surface area contributed by atoms with Crippen LogP contribution in [-0.2, 0) is 23.0 Å². The first-order valence-electron chi connectivity index (χ1n) is 9.98. The van der Waals surface area contributed by atoms with Crippen LogP contribution in [0.3, 0.4) is 0 Å². The summed E-state index contributed by atoms with van der Waals surface area (Å²) in [4.78, 5) is 0.0737. The van der Waals surface area contributed by atoms with Gasteiger partial charge in [-0.1, -0.05) is 70.6 Å². The summed E-state index contributed by atoms with van der Waals surface area (Å²) in [5.74, 6) is 0. The number of unbranched alkanes of at least 4 members (excludes halogenated alkanes) is 6. The number of rotatable bonds is 11. The van der Waals surface area contributed by atoms with Gasteiger partial charge in [0.15, 0.2) is 0 Å². The van der Waals surface area contributed by atoms with Gasteiger partial charge in [-0.05, 0) is 59.7 Å². The number of benzene rings is 2. The summed E-state index contributed by atoms with van der Waals surface area (Å²) in [5.41, 5.74) is 1.96. The van der Waals surface area contributed by atoms with Crippen LogP contribution in [0.2, 0.25) is 0 Å². The van der Waals surface area contributed by atoms with Gasteiger partial charge in [-0.2, -0.15) is 8.42 Å². The maximum absolute atomic E-state index is 11.9. The minimum atomic E-state index is -4.20. The average molecular weight is 377 g/mol. The van der Waals surface area contributed by atoms with Crippen LogP contribution in [0.1, 0.15) is 76.3 Å². The maximum atomic E-state index is 11.9. The van der Waals surface area contributed by atoms with Gasteiger partial charge in [0.1, 0.15) is 0 Å². The Labute approximate surface area is 158 Å². The van der Waals surface area contributed by atoms with Crippen LogP contribution >= 0.6 is 0 Å². The van der Waals surface area contributed by atoms with E-state index >= 15 is 0 Å². The normalized spacial score (nSPS) is 12.0. The Morgan fingerprint density at radius 3 is 2.04 bits per heavy atom. The highest BCUT2D eigenvalue weighted by atomic mass is 32.2. The van der Waals surface area contributed by atoms with E-state index in [1.54, 1.807) is 6.07 Å². The molecule has 3 nitrogen and oxygen atoms in total. The van der Waals surface area contributed by atoms with Crippen molar-refractivity contribution >= 4 is 20.9 Å². The average Bonchev–Trinajstić information content (AvgIpc) is 2.61. The summed E-state index contributed by atoms with van der Waals surface area (Å²) in [5, 5.41) is 1.93. The summed E-state index contributed by atoms with van der Waals surface area (Å²) in [7, 11) is -4.20. The van der Waals surface area contributed by atoms with E-state index in [1.165, 1.54) is 24.8 Å². The van der Waals surface area contributed by atoms with E-state index in [0.29, 0.717) is 6.42 Å². The van der Waals surface area contributed by atoms with Crippen LogP contribution in [0.5, 0.6) is 0 Å². The van der Waals surface area contributed by atoms with Crippen molar-refractivity contribution in [3.63, 3.8) is 0 Å². The molecule has 0 heterocycles. The Morgan fingerprint density at radius 1 is 0.769 bits per heavy atom. The molecule has 0 atom stereocenters. The molecular weight excluding hydrogens is 344 g/mol. The Morgan fingerprint density at radius 2 is 1.42 bits per heavy atom. The zero-order valence-corrected chi connectivity index (χ0v) is 16.9. The molecule has 0 aromatic heterocycles. The van der Waals surface area contributed by atoms with E-state index in [1.807, 2.05) is 6.07 Å². The third-order valence-electron chi connectivity index (χ3n) is 4.98. The summed E-state index contributed by atoms with van der Waals surface area (Å²) < 4.78 is 33.4. The highest BCUT2D eigenvalue weighted by molar-refractivity contribution is 7.85. The smallest absolute Gasteiger partial charge is 0.282 e. The van der Waals surface area contributed by atoms with Crippen molar-refractivity contribution in [2.45, 2.75) is 83.0 Å². The first kappa shape index (κ1) is 20.9. The Hall–Kier alpha value is -1.39. The molecule has 2 rings (SSSR count). The fourth-order valence-electron chi connectivity index (χ4n) is 3.46. The Balaban J connectivity index is 2.26. The molecule has 26 heavy (non-hydrogen) atoms. The first-order chi connectivity index (χ1) is 12.5. The van der Waals surface area contributed by atoms with Crippen molar-refractivity contribution in [2.75, 3.05) is 0 Å². The zero-order chi connectivity index (χ0) is 19.0. The summed E-state index contributed by atoms with van der Waals surface area (Å²) in [6.07, 6.45) is 10.9. The molecule has 0 saturated heterocycles. The predicted molar refractivity (Wildman–Crippen MR) is 109 cm³/mol. The molecule has 0 amide bonds. The van der Waals surface area contributed by atoms with Gasteiger partial charge in [-0.15, -0.1) is 0 Å². The van der Waals surface area contributed by atoms with Crippen LogP contribution in [-0.4, -0.2) is 13.0 Å². The fraction of sp³-hybridized carbons (Fsp3) is 0.545. The molecule has 0 aliphatic carbocycles. The van der Waals surface area contributed by atoms with Gasteiger partial charge in [0.2, 0.25) is 0 Å². The van der Waals surface area contributed by atoms with Crippen molar-refractivity contribution < 1.29 is 13.0 Å². The quantitative estimate of drug-likeness (QED) is 0.368. The molecule has 1 N–H and O–H groups in total. The maximum Gasteiger partial charge on any atom is 0.294 e. The Kier molecular flexibility index (Phi) is 8.11. The van der Waals surface area contributed by atoms with Crippen LogP contribution in [0.15, 0.2) is 35.2 Å². The summed E-state index contributed by atoms with van der Waals surface area (Å²) in [6.45, 7) is 4.35. The van der Waals surface area contributed by atoms with Crippen molar-refractivity contribution in [1.82, 2.24) is 0 Å². The van der Waals surface area contributed by atoms with Gasteiger partial charge in [0.25, 0.3) is 10.1 Å². The van der Waals surface area contributed by atoms with Crippen molar-refractivity contribution in [1.29, 1.82) is 0 Å². The lowest BCUT2D eigenvalue weighted by atomic mass is 9.98. The number of hydrogen-bond donors (Lipinski definition) is 1. The molecule has 4 heteroatoms. The lowest BCUT2D eigenvalue weighted by molar-refractivity contribution is 0.482. The molecule has 0 bridgehead atoms. The van der Waals surface area contributed by atoms with E-state index in [0.717, 1.165) is 54.9 Å². The van der Waals surface area contributed by atoms with E-state index in [2.05, 4.69) is 32.0 Å². The SMILES string of the molecule is CCCCCCc1ccc2cc(CCCCCC)c(S(=O)(=O)O)cc2c1. The molecule has 0 saturated carbocycles. The lowest BCUT2D eigenvalue weighted by Gasteiger charge is -2.11. The van der Waals surface area contributed by atoms with Crippen molar-refractivity contribution in [3.8, 4) is 0 Å². The lowest BCUT2D eigenvalue weighted by Crippen LogP contribution is -2.04. The highest BCUT2D eigenvalue weighted by Crippen LogP contribution is 2.27.